The van der Waals surface area contributed by atoms with Crippen molar-refractivity contribution in [3.63, 3.8) is 0 Å². The molecule has 0 bridgehead atoms. The molecule has 1 aromatic rings. The van der Waals surface area contributed by atoms with Crippen LogP contribution in [0.5, 0.6) is 0 Å². The zero-order chi connectivity index (χ0) is 7.56. The number of aromatic nitrogens is 2. The normalized spacial score (nSPS) is 10.1. The van der Waals surface area contributed by atoms with E-state index in [1.807, 2.05) is 0 Å². The number of rotatable bonds is 2. The van der Waals surface area contributed by atoms with E-state index in [-0.39, 0.29) is 24.4 Å². The van der Waals surface area contributed by atoms with Crippen molar-refractivity contribution in [2.45, 2.75) is 6.54 Å². The van der Waals surface area contributed by atoms with Gasteiger partial charge in [-0.15, -0.1) is 0 Å². The lowest BCUT2D eigenvalue weighted by molar-refractivity contribution is 0.267. The Morgan fingerprint density at radius 1 is 1.80 bits per heavy atom. The van der Waals surface area contributed by atoms with E-state index in [1.54, 1.807) is 0 Å². The standard InChI is InChI=1S/C5H9N3O2/c6-4-3-7-8(1-2-9)5(4)10/h3,7,9H,1-2,6H2. The molecule has 0 saturated carbocycles. The second-order valence-electron chi connectivity index (χ2n) is 1.91. The van der Waals surface area contributed by atoms with Crippen molar-refractivity contribution in [1.29, 1.82) is 0 Å². The fraction of sp³-hybridized carbons (Fsp3) is 0.400. The zero-order valence-electron chi connectivity index (χ0n) is 5.37. The first kappa shape index (κ1) is 6.88. The highest BCUT2D eigenvalue weighted by atomic mass is 16.3. The van der Waals surface area contributed by atoms with Gasteiger partial charge >= 0.3 is 0 Å². The van der Waals surface area contributed by atoms with Crippen LogP contribution in [0, 0.1) is 0 Å². The molecule has 4 N–H and O–H groups in total. The summed E-state index contributed by atoms with van der Waals surface area (Å²) in [5, 5.41) is 11.0. The Hall–Kier alpha value is -1.23. The summed E-state index contributed by atoms with van der Waals surface area (Å²) in [5.74, 6) is 0. The second-order valence-corrected chi connectivity index (χ2v) is 1.91. The van der Waals surface area contributed by atoms with Crippen molar-refractivity contribution in [3.8, 4) is 0 Å². The molecule has 0 atom stereocenters. The van der Waals surface area contributed by atoms with Crippen LogP contribution < -0.4 is 11.3 Å². The van der Waals surface area contributed by atoms with Crippen molar-refractivity contribution in [2.24, 2.45) is 0 Å². The molecule has 0 aliphatic heterocycles. The van der Waals surface area contributed by atoms with Crippen molar-refractivity contribution in [1.82, 2.24) is 9.78 Å². The molecule has 0 amide bonds. The Morgan fingerprint density at radius 3 is 2.90 bits per heavy atom. The van der Waals surface area contributed by atoms with Gasteiger partial charge < -0.3 is 15.9 Å². The first-order chi connectivity index (χ1) is 4.75. The number of aliphatic hydroxyl groups excluding tert-OH is 1. The van der Waals surface area contributed by atoms with Crippen molar-refractivity contribution in [2.75, 3.05) is 12.3 Å². The summed E-state index contributed by atoms with van der Waals surface area (Å²) >= 11 is 0. The Bertz CT molecular complexity index is 262. The molecule has 56 valence electrons. The predicted molar refractivity (Wildman–Crippen MR) is 36.6 cm³/mol. The molecule has 1 aromatic heterocycles. The summed E-state index contributed by atoms with van der Waals surface area (Å²) in [7, 11) is 0. The number of anilines is 1. The van der Waals surface area contributed by atoms with Gasteiger partial charge in [-0.05, 0) is 0 Å². The lowest BCUT2D eigenvalue weighted by atomic mass is 10.6. The number of hydrogen-bond donors (Lipinski definition) is 3. The predicted octanol–water partition coefficient (Wildman–Crippen LogP) is -1.25. The van der Waals surface area contributed by atoms with Crippen LogP contribution in [0.1, 0.15) is 0 Å². The highest BCUT2D eigenvalue weighted by molar-refractivity contribution is 5.30. The first-order valence-corrected chi connectivity index (χ1v) is 2.90. The minimum atomic E-state index is -0.283. The summed E-state index contributed by atoms with van der Waals surface area (Å²) in [5.41, 5.74) is 5.12. The molecule has 0 saturated heterocycles. The maximum atomic E-state index is 10.9. The number of aliphatic hydroxyl groups is 1. The van der Waals surface area contributed by atoms with Crippen LogP contribution in [0.3, 0.4) is 0 Å². The van der Waals surface area contributed by atoms with Crippen molar-refractivity contribution < 1.29 is 5.11 Å². The van der Waals surface area contributed by atoms with Crippen LogP contribution in [0.15, 0.2) is 11.0 Å². The molecular weight excluding hydrogens is 134 g/mol. The number of H-pyrrole nitrogens is 1. The molecule has 1 heterocycles. The molecule has 1 rings (SSSR count). The molecule has 0 spiro atoms. The van der Waals surface area contributed by atoms with E-state index in [2.05, 4.69) is 5.10 Å². The summed E-state index contributed by atoms with van der Waals surface area (Å²) in [6.45, 7) is 0.190. The first-order valence-electron chi connectivity index (χ1n) is 2.90. The van der Waals surface area contributed by atoms with Gasteiger partial charge in [-0.25, -0.2) is 4.68 Å². The van der Waals surface area contributed by atoms with E-state index in [9.17, 15) is 4.79 Å². The van der Waals surface area contributed by atoms with E-state index < -0.39 is 0 Å². The van der Waals surface area contributed by atoms with E-state index in [0.29, 0.717) is 0 Å². The van der Waals surface area contributed by atoms with Crippen molar-refractivity contribution in [3.05, 3.63) is 16.6 Å². The lowest BCUT2D eigenvalue weighted by Gasteiger charge is -1.93. The fourth-order valence-corrected chi connectivity index (χ4v) is 0.690. The number of nitrogens with zero attached hydrogens (tertiary/aromatic N) is 1. The largest absolute Gasteiger partial charge is 0.394 e. The Kier molecular flexibility index (Phi) is 1.77. The number of nitrogens with one attached hydrogen (secondary N) is 1. The molecule has 5 nitrogen and oxygen atoms in total. The Balaban J connectivity index is 2.95. The molecule has 0 fully saturated rings. The minimum absolute atomic E-state index is 0.0696. The minimum Gasteiger partial charge on any atom is -0.394 e. The summed E-state index contributed by atoms with van der Waals surface area (Å²) in [4.78, 5) is 10.9. The molecule has 10 heavy (non-hydrogen) atoms. The molecule has 0 aromatic carbocycles. The fourth-order valence-electron chi connectivity index (χ4n) is 0.690. The smallest absolute Gasteiger partial charge is 0.289 e. The molecule has 0 unspecified atom stereocenters. The van der Waals surface area contributed by atoms with Gasteiger partial charge in [0.05, 0.1) is 13.2 Å². The van der Waals surface area contributed by atoms with Crippen LogP contribution in [-0.2, 0) is 6.54 Å². The van der Waals surface area contributed by atoms with Gasteiger partial charge in [0.2, 0.25) is 0 Å². The van der Waals surface area contributed by atoms with Gasteiger partial charge in [-0.1, -0.05) is 0 Å². The molecular formula is C5H9N3O2. The number of nitrogens with two attached hydrogens (primary N) is 1. The van der Waals surface area contributed by atoms with Gasteiger partial charge in [-0.3, -0.25) is 4.79 Å². The van der Waals surface area contributed by atoms with Gasteiger partial charge in [0, 0.05) is 6.20 Å². The monoisotopic (exact) mass is 143 g/mol. The van der Waals surface area contributed by atoms with Crippen molar-refractivity contribution >= 4 is 5.69 Å². The Labute approximate surface area is 57.1 Å². The van der Waals surface area contributed by atoms with Gasteiger partial charge in [0.1, 0.15) is 5.69 Å². The third-order valence-corrected chi connectivity index (χ3v) is 1.19. The second kappa shape index (κ2) is 2.57. The lowest BCUT2D eigenvalue weighted by Crippen LogP contribution is -2.20. The average molecular weight is 143 g/mol. The topological polar surface area (TPSA) is 84.0 Å². The quantitative estimate of drug-likeness (QED) is 0.483. The zero-order valence-corrected chi connectivity index (χ0v) is 5.37. The summed E-state index contributed by atoms with van der Waals surface area (Å²) in [6, 6.07) is 0. The average Bonchev–Trinajstić information content (AvgIpc) is 2.20. The summed E-state index contributed by atoms with van der Waals surface area (Å²) < 4.78 is 1.25. The molecule has 0 radical (unpaired) electrons. The molecule has 0 aliphatic carbocycles. The SMILES string of the molecule is Nc1c[nH]n(CCO)c1=O. The van der Waals surface area contributed by atoms with Gasteiger partial charge in [0.25, 0.3) is 5.56 Å². The van der Waals surface area contributed by atoms with E-state index >= 15 is 0 Å². The maximum absolute atomic E-state index is 10.9. The number of nitrogen functional groups attached to an aromatic ring is 1. The Morgan fingerprint density at radius 2 is 2.50 bits per heavy atom. The van der Waals surface area contributed by atoms with Crippen LogP contribution in [-0.4, -0.2) is 21.5 Å². The van der Waals surface area contributed by atoms with Gasteiger partial charge in [-0.2, -0.15) is 0 Å². The molecule has 5 heteroatoms. The third kappa shape index (κ3) is 1.03. The van der Waals surface area contributed by atoms with E-state index in [4.69, 9.17) is 10.8 Å². The van der Waals surface area contributed by atoms with Crippen LogP contribution >= 0.6 is 0 Å². The van der Waals surface area contributed by atoms with Crippen LogP contribution in [0.25, 0.3) is 0 Å². The molecule has 0 aliphatic rings. The van der Waals surface area contributed by atoms with Gasteiger partial charge in [0.15, 0.2) is 0 Å². The van der Waals surface area contributed by atoms with E-state index in [1.165, 1.54) is 10.9 Å². The highest BCUT2D eigenvalue weighted by Crippen LogP contribution is 1.86. The number of aromatic amines is 1. The van der Waals surface area contributed by atoms with Crippen LogP contribution in [0.2, 0.25) is 0 Å². The highest BCUT2D eigenvalue weighted by Gasteiger charge is 1.98. The summed E-state index contributed by atoms with van der Waals surface area (Å²) in [6.07, 6.45) is 1.40. The third-order valence-electron chi connectivity index (χ3n) is 1.19. The van der Waals surface area contributed by atoms with Crippen LogP contribution in [0.4, 0.5) is 5.69 Å². The number of hydrogen-bond acceptors (Lipinski definition) is 3. The maximum Gasteiger partial charge on any atom is 0.289 e. The van der Waals surface area contributed by atoms with E-state index in [0.717, 1.165) is 0 Å².